The summed E-state index contributed by atoms with van der Waals surface area (Å²) in [7, 11) is 1.40. The van der Waals surface area contributed by atoms with Crippen molar-refractivity contribution < 1.29 is 19.1 Å². The van der Waals surface area contributed by atoms with Crippen molar-refractivity contribution in [3.05, 3.63) is 11.1 Å². The molecule has 0 radical (unpaired) electrons. The van der Waals surface area contributed by atoms with Gasteiger partial charge in [0.2, 0.25) is 5.91 Å². The van der Waals surface area contributed by atoms with Crippen LogP contribution in [0, 0.1) is 0 Å². The van der Waals surface area contributed by atoms with Crippen molar-refractivity contribution in [3.63, 3.8) is 0 Å². The third kappa shape index (κ3) is 2.81. The largest absolute Gasteiger partial charge is 0.456 e. The van der Waals surface area contributed by atoms with Gasteiger partial charge < -0.3 is 14.8 Å². The van der Waals surface area contributed by atoms with Crippen molar-refractivity contribution in [1.82, 2.24) is 5.32 Å². The molecule has 1 atom stereocenters. The van der Waals surface area contributed by atoms with Crippen LogP contribution in [-0.2, 0) is 19.1 Å². The van der Waals surface area contributed by atoms with E-state index in [1.54, 1.807) is 20.8 Å². The zero-order valence-corrected chi connectivity index (χ0v) is 12.5. The molecule has 1 amide bonds. The summed E-state index contributed by atoms with van der Waals surface area (Å²) in [4.78, 5) is 24.4. The van der Waals surface area contributed by atoms with Crippen molar-refractivity contribution in [2.24, 2.45) is 0 Å². The number of esters is 1. The second-order valence-corrected chi connectivity index (χ2v) is 5.51. The van der Waals surface area contributed by atoms with Gasteiger partial charge >= 0.3 is 5.97 Å². The molecule has 5 nitrogen and oxygen atoms in total. The number of amides is 1. The topological polar surface area (TPSA) is 64.6 Å². The number of rotatable bonds is 4. The molecule has 0 spiro atoms. The molecule has 1 N–H and O–H groups in total. The molecule has 0 aromatic heterocycles. The van der Waals surface area contributed by atoms with Crippen LogP contribution in [0.25, 0.3) is 0 Å². The van der Waals surface area contributed by atoms with Crippen LogP contribution in [0.2, 0.25) is 0 Å². The maximum atomic E-state index is 12.4. The molecule has 1 heterocycles. The summed E-state index contributed by atoms with van der Waals surface area (Å²) in [5.74, 6) is -0.830. The van der Waals surface area contributed by atoms with Gasteiger partial charge in [0.1, 0.15) is 5.60 Å². The van der Waals surface area contributed by atoms with Gasteiger partial charge in [-0.2, -0.15) is 0 Å². The van der Waals surface area contributed by atoms with Gasteiger partial charge in [0.05, 0.1) is 0 Å². The van der Waals surface area contributed by atoms with Crippen molar-refractivity contribution >= 4 is 11.9 Å². The van der Waals surface area contributed by atoms with Gasteiger partial charge in [-0.25, -0.2) is 4.79 Å². The lowest BCUT2D eigenvalue weighted by Crippen LogP contribution is -2.55. The summed E-state index contributed by atoms with van der Waals surface area (Å²) < 4.78 is 10.7. The average Bonchev–Trinajstić information content (AvgIpc) is 2.59. The van der Waals surface area contributed by atoms with Crippen LogP contribution in [0.1, 0.15) is 47.5 Å². The highest BCUT2D eigenvalue weighted by Gasteiger charge is 2.52. The number of carbonyl (C=O) groups is 2. The Morgan fingerprint density at radius 3 is 2.21 bits per heavy atom. The van der Waals surface area contributed by atoms with Gasteiger partial charge in [-0.15, -0.1) is 0 Å². The molecule has 0 saturated heterocycles. The Balaban J connectivity index is 3.22. The highest BCUT2D eigenvalue weighted by molar-refractivity contribution is 6.04. The van der Waals surface area contributed by atoms with E-state index in [0.29, 0.717) is 24.0 Å². The van der Waals surface area contributed by atoms with E-state index in [0.717, 1.165) is 0 Å². The van der Waals surface area contributed by atoms with E-state index < -0.39 is 17.3 Å². The molecule has 0 bridgehead atoms. The summed E-state index contributed by atoms with van der Waals surface area (Å²) >= 11 is 0. The van der Waals surface area contributed by atoms with Crippen LogP contribution in [-0.4, -0.2) is 30.3 Å². The van der Waals surface area contributed by atoms with Crippen molar-refractivity contribution in [1.29, 1.82) is 0 Å². The predicted molar refractivity (Wildman–Crippen MR) is 71.3 cm³/mol. The Morgan fingerprint density at radius 2 is 1.84 bits per heavy atom. The predicted octanol–water partition coefficient (Wildman–Crippen LogP) is 1.92. The molecule has 1 aliphatic rings. The van der Waals surface area contributed by atoms with Gasteiger partial charge in [0, 0.05) is 18.3 Å². The van der Waals surface area contributed by atoms with Gasteiger partial charge in [-0.05, 0) is 33.6 Å². The standard InChI is InChI=1S/C14H23NO4/c1-7-9-10(8-2)14(18-6,15-11(9)16)12(17)19-13(3,4)5/h7-8H2,1-6H3,(H,15,16). The van der Waals surface area contributed by atoms with Crippen LogP contribution >= 0.6 is 0 Å². The SMILES string of the molecule is CCC1=C(CC)C(OC)(C(=O)OC(C)(C)C)NC1=O. The molecular weight excluding hydrogens is 246 g/mol. The smallest absolute Gasteiger partial charge is 0.365 e. The van der Waals surface area contributed by atoms with Crippen molar-refractivity contribution in [2.75, 3.05) is 7.11 Å². The van der Waals surface area contributed by atoms with Crippen LogP contribution in [0.4, 0.5) is 0 Å². The lowest BCUT2D eigenvalue weighted by Gasteiger charge is -2.31. The summed E-state index contributed by atoms with van der Waals surface area (Å²) in [6.07, 6.45) is 1.11. The monoisotopic (exact) mass is 269 g/mol. The Morgan fingerprint density at radius 1 is 1.26 bits per heavy atom. The van der Waals surface area contributed by atoms with E-state index in [9.17, 15) is 9.59 Å². The zero-order valence-electron chi connectivity index (χ0n) is 12.5. The summed E-state index contributed by atoms with van der Waals surface area (Å²) in [5, 5.41) is 2.63. The number of hydrogen-bond donors (Lipinski definition) is 1. The van der Waals surface area contributed by atoms with Gasteiger partial charge in [0.25, 0.3) is 5.72 Å². The second kappa shape index (κ2) is 5.33. The van der Waals surface area contributed by atoms with Crippen LogP contribution < -0.4 is 5.32 Å². The molecular formula is C14H23NO4. The fourth-order valence-corrected chi connectivity index (χ4v) is 2.28. The van der Waals surface area contributed by atoms with Crippen molar-refractivity contribution in [3.8, 4) is 0 Å². The molecule has 5 heteroatoms. The first-order valence-electron chi connectivity index (χ1n) is 6.55. The van der Waals surface area contributed by atoms with E-state index >= 15 is 0 Å². The molecule has 1 unspecified atom stereocenters. The summed E-state index contributed by atoms with van der Waals surface area (Å²) in [6, 6.07) is 0. The first-order chi connectivity index (χ1) is 8.71. The molecule has 19 heavy (non-hydrogen) atoms. The Hall–Kier alpha value is -1.36. The molecule has 0 aromatic carbocycles. The van der Waals surface area contributed by atoms with E-state index in [1.165, 1.54) is 7.11 Å². The van der Waals surface area contributed by atoms with Crippen LogP contribution in [0.3, 0.4) is 0 Å². The van der Waals surface area contributed by atoms with Gasteiger partial charge in [-0.3, -0.25) is 4.79 Å². The fourth-order valence-electron chi connectivity index (χ4n) is 2.28. The van der Waals surface area contributed by atoms with E-state index in [1.807, 2.05) is 13.8 Å². The first kappa shape index (κ1) is 15.7. The molecule has 1 aliphatic heterocycles. The zero-order chi connectivity index (χ0) is 14.8. The maximum absolute atomic E-state index is 12.4. The number of nitrogens with one attached hydrogen (secondary N) is 1. The number of methoxy groups -OCH3 is 1. The lowest BCUT2D eigenvalue weighted by atomic mass is 9.97. The average molecular weight is 269 g/mol. The number of carbonyl (C=O) groups excluding carboxylic acids is 2. The van der Waals surface area contributed by atoms with E-state index in [4.69, 9.17) is 9.47 Å². The molecule has 1 rings (SSSR count). The summed E-state index contributed by atoms with van der Waals surface area (Å²) in [5.41, 5.74) is -0.835. The minimum atomic E-state index is -1.47. The molecule has 0 aromatic rings. The maximum Gasteiger partial charge on any atom is 0.365 e. The van der Waals surface area contributed by atoms with Gasteiger partial charge in [-0.1, -0.05) is 13.8 Å². The third-order valence-corrected chi connectivity index (χ3v) is 3.05. The highest BCUT2D eigenvalue weighted by Crippen LogP contribution is 2.34. The van der Waals surface area contributed by atoms with E-state index in [2.05, 4.69) is 5.32 Å². The quantitative estimate of drug-likeness (QED) is 0.792. The summed E-state index contributed by atoms with van der Waals surface area (Å²) in [6.45, 7) is 9.11. The van der Waals surface area contributed by atoms with Crippen molar-refractivity contribution in [2.45, 2.75) is 58.8 Å². The molecule has 0 aliphatic carbocycles. The van der Waals surface area contributed by atoms with Crippen LogP contribution in [0.5, 0.6) is 0 Å². The molecule has 108 valence electrons. The Bertz CT molecular complexity index is 420. The van der Waals surface area contributed by atoms with E-state index in [-0.39, 0.29) is 5.91 Å². The fraction of sp³-hybridized carbons (Fsp3) is 0.714. The first-order valence-corrected chi connectivity index (χ1v) is 6.55. The number of ether oxygens (including phenoxy) is 2. The van der Waals surface area contributed by atoms with Gasteiger partial charge in [0.15, 0.2) is 0 Å². The molecule has 0 saturated carbocycles. The molecule has 0 fully saturated rings. The minimum absolute atomic E-state index is 0.257. The third-order valence-electron chi connectivity index (χ3n) is 3.05. The minimum Gasteiger partial charge on any atom is -0.456 e. The lowest BCUT2D eigenvalue weighted by molar-refractivity contribution is -0.180. The second-order valence-electron chi connectivity index (χ2n) is 5.51. The normalized spacial score (nSPS) is 23.6. The number of hydrogen-bond acceptors (Lipinski definition) is 4. The Labute approximate surface area is 114 Å². The van der Waals surface area contributed by atoms with Crippen LogP contribution in [0.15, 0.2) is 11.1 Å². The highest BCUT2D eigenvalue weighted by atomic mass is 16.6. The Kier molecular flexibility index (Phi) is 4.40.